The topological polar surface area (TPSA) is 42.8 Å². The van der Waals surface area contributed by atoms with Crippen LogP contribution >= 0.6 is 24.0 Å². The molecule has 18 heavy (non-hydrogen) atoms. The Morgan fingerprint density at radius 2 is 1.94 bits per heavy atom. The largest absolute Gasteiger partial charge is 0.493 e. The van der Waals surface area contributed by atoms with Crippen LogP contribution in [-0.4, -0.2) is 33.1 Å². The molecule has 1 heterocycles. The molecule has 1 aromatic rings. The lowest BCUT2D eigenvalue weighted by molar-refractivity contribution is 0.354. The van der Waals surface area contributed by atoms with Gasteiger partial charge in [0.1, 0.15) is 0 Å². The first-order valence-electron chi connectivity index (χ1n) is 5.81. The zero-order chi connectivity index (χ0) is 12.1. The molecule has 0 unspecified atom stereocenters. The third-order valence-corrected chi connectivity index (χ3v) is 2.84. The van der Waals surface area contributed by atoms with E-state index >= 15 is 0 Å². The number of methoxy groups -OCH3 is 2. The molecular weight excluding hydrogens is 343 g/mol. The lowest BCUT2D eigenvalue weighted by atomic mass is 10.1. The number of benzene rings is 1. The van der Waals surface area contributed by atoms with Crippen LogP contribution in [0.5, 0.6) is 11.5 Å². The molecule has 1 aliphatic rings. The van der Waals surface area contributed by atoms with Gasteiger partial charge >= 0.3 is 0 Å². The molecule has 2 rings (SSSR count). The minimum Gasteiger partial charge on any atom is -0.493 e. The van der Waals surface area contributed by atoms with Gasteiger partial charge in [-0.1, -0.05) is 6.07 Å². The number of rotatable bonds is 5. The van der Waals surface area contributed by atoms with Crippen LogP contribution in [0.1, 0.15) is 12.0 Å². The molecule has 0 fully saturated rings. The molecule has 100 valence electrons. The van der Waals surface area contributed by atoms with Crippen LogP contribution in [0.4, 0.5) is 0 Å². The summed E-state index contributed by atoms with van der Waals surface area (Å²) < 4.78 is 10.5. The predicted octanol–water partition coefficient (Wildman–Crippen LogP) is 2.26. The van der Waals surface area contributed by atoms with E-state index in [0.29, 0.717) is 0 Å². The number of halogens is 1. The van der Waals surface area contributed by atoms with E-state index in [1.165, 1.54) is 5.56 Å². The quantitative estimate of drug-likeness (QED) is 0.818. The molecular formula is C13H19IN2O2. The number of nitrogens with zero attached hydrogens (tertiary/aromatic N) is 1. The molecule has 0 saturated carbocycles. The Bertz CT molecular complexity index is 421. The molecule has 0 atom stereocenters. The summed E-state index contributed by atoms with van der Waals surface area (Å²) >= 11 is 0. The number of amidine groups is 1. The maximum absolute atomic E-state index is 5.28. The number of aliphatic imine (C=N–C) groups is 1. The van der Waals surface area contributed by atoms with Crippen LogP contribution < -0.4 is 14.8 Å². The minimum absolute atomic E-state index is 0. The summed E-state index contributed by atoms with van der Waals surface area (Å²) in [6, 6.07) is 6.03. The molecule has 0 saturated heterocycles. The van der Waals surface area contributed by atoms with E-state index in [4.69, 9.17) is 9.47 Å². The van der Waals surface area contributed by atoms with Crippen molar-refractivity contribution >= 4 is 29.8 Å². The van der Waals surface area contributed by atoms with Crippen molar-refractivity contribution in [3.05, 3.63) is 23.8 Å². The fraction of sp³-hybridized carbons (Fsp3) is 0.462. The smallest absolute Gasteiger partial charge is 0.160 e. The van der Waals surface area contributed by atoms with Crippen molar-refractivity contribution in [3.63, 3.8) is 0 Å². The Hall–Kier alpha value is -0.980. The molecule has 1 aliphatic heterocycles. The fourth-order valence-electron chi connectivity index (χ4n) is 1.91. The van der Waals surface area contributed by atoms with Crippen LogP contribution in [0.25, 0.3) is 0 Å². The van der Waals surface area contributed by atoms with Crippen molar-refractivity contribution in [1.29, 1.82) is 0 Å². The molecule has 1 aromatic carbocycles. The number of hydrogen-bond acceptors (Lipinski definition) is 4. The first-order valence-corrected chi connectivity index (χ1v) is 5.81. The highest BCUT2D eigenvalue weighted by atomic mass is 127. The van der Waals surface area contributed by atoms with Crippen molar-refractivity contribution in [2.45, 2.75) is 12.8 Å². The third-order valence-electron chi connectivity index (χ3n) is 2.84. The normalized spacial score (nSPS) is 13.3. The van der Waals surface area contributed by atoms with Crippen LogP contribution in [0, 0.1) is 0 Å². The van der Waals surface area contributed by atoms with Gasteiger partial charge < -0.3 is 14.8 Å². The second-order valence-electron chi connectivity index (χ2n) is 3.94. The predicted molar refractivity (Wildman–Crippen MR) is 83.6 cm³/mol. The van der Waals surface area contributed by atoms with Gasteiger partial charge in [-0.2, -0.15) is 0 Å². The fourth-order valence-corrected chi connectivity index (χ4v) is 1.91. The highest BCUT2D eigenvalue weighted by molar-refractivity contribution is 14.0. The lowest BCUT2D eigenvalue weighted by Crippen LogP contribution is -2.18. The molecule has 0 spiro atoms. The first-order chi connectivity index (χ1) is 8.33. The molecule has 0 aromatic heterocycles. The van der Waals surface area contributed by atoms with E-state index in [2.05, 4.69) is 16.4 Å². The highest BCUT2D eigenvalue weighted by Crippen LogP contribution is 2.27. The van der Waals surface area contributed by atoms with Crippen molar-refractivity contribution < 1.29 is 9.47 Å². The highest BCUT2D eigenvalue weighted by Gasteiger charge is 2.07. The van der Waals surface area contributed by atoms with Crippen molar-refractivity contribution in [3.8, 4) is 11.5 Å². The molecule has 1 N–H and O–H groups in total. The average Bonchev–Trinajstić information content (AvgIpc) is 2.89. The molecule has 0 radical (unpaired) electrons. The monoisotopic (exact) mass is 362 g/mol. The minimum atomic E-state index is 0. The maximum atomic E-state index is 5.28. The van der Waals surface area contributed by atoms with E-state index in [9.17, 15) is 0 Å². The summed E-state index contributed by atoms with van der Waals surface area (Å²) in [5.41, 5.74) is 1.24. The van der Waals surface area contributed by atoms with Crippen LogP contribution in [0.2, 0.25) is 0 Å². The van der Waals surface area contributed by atoms with Gasteiger partial charge in [-0.05, 0) is 24.1 Å². The SMILES string of the molecule is COc1ccc(CCC2=NCCN2)cc1OC.I. The lowest BCUT2D eigenvalue weighted by Gasteiger charge is -2.09. The zero-order valence-corrected chi connectivity index (χ0v) is 13.1. The summed E-state index contributed by atoms with van der Waals surface area (Å²) in [6.07, 6.45) is 1.92. The zero-order valence-electron chi connectivity index (χ0n) is 10.7. The van der Waals surface area contributed by atoms with Crippen LogP contribution in [0.15, 0.2) is 23.2 Å². The van der Waals surface area contributed by atoms with Crippen molar-refractivity contribution in [2.75, 3.05) is 27.3 Å². The Balaban J connectivity index is 0.00000162. The summed E-state index contributed by atoms with van der Waals surface area (Å²) in [5.74, 6) is 2.67. The number of hydrogen-bond donors (Lipinski definition) is 1. The summed E-state index contributed by atoms with van der Waals surface area (Å²) in [4.78, 5) is 4.38. The van der Waals surface area contributed by atoms with E-state index in [-0.39, 0.29) is 24.0 Å². The average molecular weight is 362 g/mol. The summed E-state index contributed by atoms with van der Waals surface area (Å²) in [6.45, 7) is 1.88. The van der Waals surface area contributed by atoms with E-state index in [1.54, 1.807) is 14.2 Å². The standard InChI is InChI=1S/C13H18N2O2.HI/c1-16-11-5-3-10(9-12(11)17-2)4-6-13-14-7-8-15-13;/h3,5,9H,4,6-8H2,1-2H3,(H,14,15);1H. The number of nitrogens with one attached hydrogen (secondary N) is 1. The maximum Gasteiger partial charge on any atom is 0.160 e. The van der Waals surface area contributed by atoms with Gasteiger partial charge in [0.25, 0.3) is 0 Å². The van der Waals surface area contributed by atoms with Crippen molar-refractivity contribution in [1.82, 2.24) is 5.32 Å². The molecule has 0 bridgehead atoms. The second kappa shape index (κ2) is 7.45. The Morgan fingerprint density at radius 1 is 1.17 bits per heavy atom. The Kier molecular flexibility index (Phi) is 6.24. The van der Waals surface area contributed by atoms with Crippen LogP contribution in [-0.2, 0) is 6.42 Å². The van der Waals surface area contributed by atoms with Gasteiger partial charge in [-0.15, -0.1) is 24.0 Å². The number of ether oxygens (including phenoxy) is 2. The summed E-state index contributed by atoms with van der Waals surface area (Å²) in [5, 5.41) is 3.27. The Labute approximate surface area is 125 Å². The Morgan fingerprint density at radius 3 is 2.56 bits per heavy atom. The van der Waals surface area contributed by atoms with Gasteiger partial charge in [0.2, 0.25) is 0 Å². The third kappa shape index (κ3) is 3.76. The first kappa shape index (κ1) is 15.1. The van der Waals surface area contributed by atoms with Crippen molar-refractivity contribution in [2.24, 2.45) is 4.99 Å². The van der Waals surface area contributed by atoms with E-state index < -0.39 is 0 Å². The van der Waals surface area contributed by atoms with Gasteiger partial charge in [0, 0.05) is 13.0 Å². The van der Waals surface area contributed by atoms with Gasteiger partial charge in [0.15, 0.2) is 11.5 Å². The molecule has 0 amide bonds. The van der Waals surface area contributed by atoms with Gasteiger partial charge in [0.05, 0.1) is 26.6 Å². The van der Waals surface area contributed by atoms with E-state index in [1.807, 2.05) is 12.1 Å². The number of aryl methyl sites for hydroxylation is 1. The molecule has 5 heteroatoms. The van der Waals surface area contributed by atoms with E-state index in [0.717, 1.165) is 43.3 Å². The van der Waals surface area contributed by atoms with Gasteiger partial charge in [-0.25, -0.2) is 0 Å². The van der Waals surface area contributed by atoms with Gasteiger partial charge in [-0.3, -0.25) is 4.99 Å². The molecule has 4 nitrogen and oxygen atoms in total. The second-order valence-corrected chi connectivity index (χ2v) is 3.94. The summed E-state index contributed by atoms with van der Waals surface area (Å²) in [7, 11) is 3.30. The molecule has 0 aliphatic carbocycles. The van der Waals surface area contributed by atoms with Crippen LogP contribution in [0.3, 0.4) is 0 Å².